The molecule has 0 saturated carbocycles. The third kappa shape index (κ3) is 5.64. The summed E-state index contributed by atoms with van der Waals surface area (Å²) in [5, 5.41) is 1.62. The Labute approximate surface area is 176 Å². The molecule has 5 heteroatoms. The maximum atomic E-state index is 12.4. The first-order chi connectivity index (χ1) is 14.2. The highest BCUT2D eigenvalue weighted by molar-refractivity contribution is 6.99. The zero-order chi connectivity index (χ0) is 22.3. The molecule has 0 saturated heterocycles. The van der Waals surface area contributed by atoms with Crippen LogP contribution in [0.1, 0.15) is 48.3 Å². The first-order valence-electron chi connectivity index (χ1n) is 10.6. The molecule has 0 spiro atoms. The first-order valence-corrected chi connectivity index (χ1v) is 12.0. The highest BCUT2D eigenvalue weighted by atomic mass is 28.4. The fraction of sp³-hybridized carbons (Fsp3) is 0.417. The van der Waals surface area contributed by atoms with Gasteiger partial charge in [-0.15, -0.1) is 0 Å². The topological polar surface area (TPSA) is 52.6 Å². The van der Waals surface area contributed by atoms with Gasteiger partial charge in [-0.3, -0.25) is 4.79 Å². The molecule has 0 N–H and O–H groups in total. The Morgan fingerprint density at radius 2 is 1.59 bits per heavy atom. The van der Waals surface area contributed by atoms with Crippen LogP contribution in [0.3, 0.4) is 0 Å². The number of aldehydes is 1. The van der Waals surface area contributed by atoms with Crippen molar-refractivity contribution in [3.8, 4) is 0 Å². The van der Waals surface area contributed by atoms with Gasteiger partial charge in [-0.2, -0.15) is 0 Å². The molecule has 1 atom stereocenters. The number of ether oxygens (including phenoxy) is 1. The third-order valence-electron chi connectivity index (χ3n) is 4.83. The highest BCUT2D eigenvalue weighted by Crippen LogP contribution is 2.38. The predicted molar refractivity (Wildman–Crippen MR) is 119 cm³/mol. The van der Waals surface area contributed by atoms with Crippen LogP contribution in [0, 0.1) is 0 Å². The Balaban J connectivity index is 2.63. The lowest BCUT2D eigenvalue weighted by molar-refractivity contribution is -0.145. The molecule has 0 heterocycles. The van der Waals surface area contributed by atoms with Crippen LogP contribution < -0.4 is 10.4 Å². The molecule has 0 aliphatic carbocycles. The molecule has 0 aliphatic heterocycles. The van der Waals surface area contributed by atoms with Crippen LogP contribution in [0.15, 0.2) is 60.7 Å². The van der Waals surface area contributed by atoms with E-state index in [1.165, 1.54) is 0 Å². The SMILES string of the molecule is [2H][C@](CC=O)(CC(=O)OCCC)O[Si](c1ccccc1)(c1ccccc1)C(C)(C)C. The van der Waals surface area contributed by atoms with E-state index in [2.05, 4.69) is 20.8 Å². The van der Waals surface area contributed by atoms with Crippen LogP contribution >= 0.6 is 0 Å². The summed E-state index contributed by atoms with van der Waals surface area (Å²) in [6, 6.07) is 19.8. The van der Waals surface area contributed by atoms with Crippen molar-refractivity contribution in [2.75, 3.05) is 6.61 Å². The fourth-order valence-corrected chi connectivity index (χ4v) is 8.06. The molecule has 0 aliphatic rings. The number of rotatable bonds is 10. The monoisotopic (exact) mass is 413 g/mol. The van der Waals surface area contributed by atoms with E-state index in [9.17, 15) is 9.59 Å². The maximum absolute atomic E-state index is 12.4. The summed E-state index contributed by atoms with van der Waals surface area (Å²) >= 11 is 0. The number of benzene rings is 2. The Hall–Kier alpha value is -2.24. The number of hydrogen-bond acceptors (Lipinski definition) is 4. The van der Waals surface area contributed by atoms with E-state index < -0.39 is 20.4 Å². The van der Waals surface area contributed by atoms with Crippen LogP contribution in [-0.2, 0) is 18.8 Å². The predicted octanol–water partition coefficient (Wildman–Crippen LogP) is 3.86. The quantitative estimate of drug-likeness (QED) is 0.337. The fourth-order valence-electron chi connectivity index (χ4n) is 3.54. The normalized spacial score (nSPS) is 14.6. The van der Waals surface area contributed by atoms with Crippen LogP contribution in [0.4, 0.5) is 0 Å². The van der Waals surface area contributed by atoms with Crippen molar-refractivity contribution in [1.82, 2.24) is 0 Å². The molecule has 0 fully saturated rings. The lowest BCUT2D eigenvalue weighted by Crippen LogP contribution is -2.67. The van der Waals surface area contributed by atoms with Gasteiger partial charge in [0, 0.05) is 6.42 Å². The van der Waals surface area contributed by atoms with E-state index >= 15 is 0 Å². The summed E-state index contributed by atoms with van der Waals surface area (Å²) in [4.78, 5) is 23.9. The van der Waals surface area contributed by atoms with E-state index in [0.717, 1.165) is 10.4 Å². The molecule has 4 nitrogen and oxygen atoms in total. The second kappa shape index (κ2) is 10.5. The van der Waals surface area contributed by atoms with Gasteiger partial charge in [-0.1, -0.05) is 88.4 Å². The minimum Gasteiger partial charge on any atom is -0.466 e. The molecule has 156 valence electrons. The molecule has 2 rings (SSSR count). The van der Waals surface area contributed by atoms with Crippen LogP contribution in [0.25, 0.3) is 0 Å². The molecule has 0 unspecified atom stereocenters. The summed E-state index contributed by atoms with van der Waals surface area (Å²) in [5.74, 6) is -0.522. The van der Waals surface area contributed by atoms with Crippen molar-refractivity contribution < 1.29 is 20.1 Å². The molecular weight excluding hydrogens is 380 g/mol. The zero-order valence-electron chi connectivity index (χ0n) is 18.8. The average molecular weight is 414 g/mol. The molecule has 0 bridgehead atoms. The summed E-state index contributed by atoms with van der Waals surface area (Å²) < 4.78 is 20.9. The van der Waals surface area contributed by atoms with Gasteiger partial charge in [-0.25, -0.2) is 0 Å². The van der Waals surface area contributed by atoms with E-state index in [0.29, 0.717) is 12.7 Å². The van der Waals surface area contributed by atoms with Gasteiger partial charge < -0.3 is 14.0 Å². The summed E-state index contributed by atoms with van der Waals surface area (Å²) in [7, 11) is -3.07. The Kier molecular flexibility index (Phi) is 7.78. The summed E-state index contributed by atoms with van der Waals surface area (Å²) in [5.41, 5.74) is 0. The van der Waals surface area contributed by atoms with Gasteiger partial charge in [0.05, 0.1) is 20.5 Å². The van der Waals surface area contributed by atoms with Crippen molar-refractivity contribution in [3.63, 3.8) is 0 Å². The molecule has 0 radical (unpaired) electrons. The van der Waals surface area contributed by atoms with E-state index in [4.69, 9.17) is 10.5 Å². The second-order valence-electron chi connectivity index (χ2n) is 8.07. The summed E-state index contributed by atoms with van der Waals surface area (Å²) in [6.07, 6.45) is -0.870. The minimum absolute atomic E-state index is 0.210. The Morgan fingerprint density at radius 3 is 2.00 bits per heavy atom. The molecule has 0 amide bonds. The second-order valence-corrected chi connectivity index (χ2v) is 12.3. The van der Waals surface area contributed by atoms with Crippen molar-refractivity contribution in [2.45, 2.75) is 58.1 Å². The van der Waals surface area contributed by atoms with Gasteiger partial charge in [0.2, 0.25) is 0 Å². The van der Waals surface area contributed by atoms with Crippen molar-refractivity contribution >= 4 is 30.9 Å². The lowest BCUT2D eigenvalue weighted by Gasteiger charge is -2.45. The van der Waals surface area contributed by atoms with E-state index in [-0.39, 0.29) is 24.5 Å². The minimum atomic E-state index is -3.07. The highest BCUT2D eigenvalue weighted by Gasteiger charge is 2.51. The van der Waals surface area contributed by atoms with Crippen LogP contribution in [0.2, 0.25) is 5.04 Å². The Morgan fingerprint density at radius 1 is 1.07 bits per heavy atom. The van der Waals surface area contributed by atoms with Crippen LogP contribution in [0.5, 0.6) is 0 Å². The molecule has 2 aromatic rings. The molecular formula is C24H32O4Si. The smallest absolute Gasteiger partial charge is 0.308 e. The first kappa shape index (κ1) is 21.5. The standard InChI is InChI=1S/C24H32O4Si/c1-5-18-27-23(26)19-20(16-17-25)28-29(24(2,3)4,21-12-8-6-9-13-21)22-14-10-7-11-15-22/h6-15,17,20H,5,16,18-19H2,1-4H3/t20-/m0/s1/i20D. The van der Waals surface area contributed by atoms with Gasteiger partial charge in [0.15, 0.2) is 0 Å². The Bertz CT molecular complexity index is 781. The maximum Gasteiger partial charge on any atom is 0.308 e. The van der Waals surface area contributed by atoms with Crippen molar-refractivity contribution in [1.29, 1.82) is 0 Å². The number of hydrogen-bond donors (Lipinski definition) is 0. The van der Waals surface area contributed by atoms with Gasteiger partial charge in [0.1, 0.15) is 6.29 Å². The van der Waals surface area contributed by atoms with E-state index in [1.54, 1.807) is 0 Å². The molecule has 29 heavy (non-hydrogen) atoms. The zero-order valence-corrected chi connectivity index (χ0v) is 18.8. The largest absolute Gasteiger partial charge is 0.466 e. The lowest BCUT2D eigenvalue weighted by atomic mass is 10.2. The van der Waals surface area contributed by atoms with Gasteiger partial charge >= 0.3 is 5.97 Å². The van der Waals surface area contributed by atoms with Crippen LogP contribution in [-0.4, -0.2) is 33.3 Å². The molecule has 2 aromatic carbocycles. The molecule has 0 aromatic heterocycles. The van der Waals surface area contributed by atoms with Gasteiger partial charge in [0.25, 0.3) is 8.32 Å². The summed E-state index contributed by atoms with van der Waals surface area (Å²) in [6.45, 7) is 8.47. The van der Waals surface area contributed by atoms with E-state index in [1.807, 2.05) is 67.6 Å². The van der Waals surface area contributed by atoms with Crippen molar-refractivity contribution in [2.24, 2.45) is 0 Å². The van der Waals surface area contributed by atoms with Gasteiger partial charge in [-0.05, 0) is 21.8 Å². The third-order valence-corrected chi connectivity index (χ3v) is 9.83. The number of carbonyl (C=O) groups is 2. The number of esters is 1. The van der Waals surface area contributed by atoms with Crippen molar-refractivity contribution in [3.05, 3.63) is 60.7 Å². The number of carbonyl (C=O) groups excluding carboxylic acids is 2. The average Bonchev–Trinajstić information content (AvgIpc) is 2.71.